The van der Waals surface area contributed by atoms with E-state index in [2.05, 4.69) is 15.9 Å². The summed E-state index contributed by atoms with van der Waals surface area (Å²) in [5, 5.41) is 0. The van der Waals surface area contributed by atoms with E-state index in [0.717, 1.165) is 17.7 Å². The second-order valence-electron chi connectivity index (χ2n) is 4.62. The maximum absolute atomic E-state index is 12.6. The molecule has 2 aromatic rings. The number of halogens is 1. The van der Waals surface area contributed by atoms with Gasteiger partial charge in [0.1, 0.15) is 0 Å². The van der Waals surface area contributed by atoms with Gasteiger partial charge in [-0.15, -0.1) is 0 Å². The summed E-state index contributed by atoms with van der Waals surface area (Å²) in [6, 6.07) is 19.9. The summed E-state index contributed by atoms with van der Waals surface area (Å²) < 4.78 is 0. The Balaban J connectivity index is 2.27. The summed E-state index contributed by atoms with van der Waals surface area (Å²) in [5.74, 6) is 0.0996. The number of carbonyl (C=O) groups excluding carboxylic acids is 1. The molecular weight excluding hydrogens is 314 g/mol. The Morgan fingerprint density at radius 1 is 1.05 bits per heavy atom. The molecule has 2 aromatic carbocycles. The zero-order valence-corrected chi connectivity index (χ0v) is 13.1. The van der Waals surface area contributed by atoms with E-state index in [1.54, 1.807) is 0 Å². The second-order valence-corrected chi connectivity index (χ2v) is 5.73. The normalized spacial score (nSPS) is 11.9. The fourth-order valence-electron chi connectivity index (χ4n) is 2.01. The molecule has 1 atom stereocenters. The van der Waals surface area contributed by atoms with E-state index < -0.39 is 0 Å². The third-order valence-electron chi connectivity index (χ3n) is 3.14. The standard InChI is InChI=1S/C17H18BrNO/c1-2-16(18)17(20)19(15-11-7-4-8-12-15)13-14-9-5-3-6-10-14/h3-12,16H,2,13H2,1H3/t16-/m0/s1. The molecule has 0 aromatic heterocycles. The summed E-state index contributed by atoms with van der Waals surface area (Å²) in [4.78, 5) is 14.2. The Morgan fingerprint density at radius 3 is 2.15 bits per heavy atom. The number of rotatable bonds is 5. The number of alkyl halides is 1. The van der Waals surface area contributed by atoms with Gasteiger partial charge in [0.15, 0.2) is 0 Å². The smallest absolute Gasteiger partial charge is 0.241 e. The van der Waals surface area contributed by atoms with Crippen molar-refractivity contribution < 1.29 is 4.79 Å². The monoisotopic (exact) mass is 331 g/mol. The molecule has 2 nitrogen and oxygen atoms in total. The van der Waals surface area contributed by atoms with Gasteiger partial charge >= 0.3 is 0 Å². The van der Waals surface area contributed by atoms with Gasteiger partial charge in [-0.3, -0.25) is 4.79 Å². The van der Waals surface area contributed by atoms with Crippen LogP contribution in [0.25, 0.3) is 0 Å². The van der Waals surface area contributed by atoms with Crippen molar-refractivity contribution in [3.8, 4) is 0 Å². The third kappa shape index (κ3) is 3.70. The Morgan fingerprint density at radius 2 is 1.60 bits per heavy atom. The molecule has 0 aliphatic heterocycles. The van der Waals surface area contributed by atoms with Gasteiger partial charge in [-0.1, -0.05) is 71.4 Å². The highest BCUT2D eigenvalue weighted by Gasteiger charge is 2.21. The van der Waals surface area contributed by atoms with Crippen molar-refractivity contribution >= 4 is 27.5 Å². The molecule has 0 spiro atoms. The van der Waals surface area contributed by atoms with E-state index in [9.17, 15) is 4.79 Å². The SMILES string of the molecule is CC[C@H](Br)C(=O)N(Cc1ccccc1)c1ccccc1. The Labute approximate surface area is 128 Å². The van der Waals surface area contributed by atoms with E-state index in [-0.39, 0.29) is 10.7 Å². The van der Waals surface area contributed by atoms with Crippen LogP contribution < -0.4 is 4.90 Å². The molecule has 0 heterocycles. The lowest BCUT2D eigenvalue weighted by Crippen LogP contribution is -2.36. The Hall–Kier alpha value is -1.61. The predicted octanol–water partition coefficient (Wildman–Crippen LogP) is 4.39. The van der Waals surface area contributed by atoms with Gasteiger partial charge in [-0.2, -0.15) is 0 Å². The zero-order chi connectivity index (χ0) is 14.4. The van der Waals surface area contributed by atoms with E-state index >= 15 is 0 Å². The van der Waals surface area contributed by atoms with Crippen molar-refractivity contribution in [2.45, 2.75) is 24.7 Å². The first-order valence-corrected chi connectivity index (χ1v) is 7.68. The average molecular weight is 332 g/mol. The highest BCUT2D eigenvalue weighted by atomic mass is 79.9. The van der Waals surface area contributed by atoms with Crippen LogP contribution in [0.5, 0.6) is 0 Å². The summed E-state index contributed by atoms with van der Waals surface area (Å²) in [6.45, 7) is 2.59. The number of hydrogen-bond acceptors (Lipinski definition) is 1. The highest BCUT2D eigenvalue weighted by Crippen LogP contribution is 2.21. The molecule has 0 radical (unpaired) electrons. The van der Waals surface area contributed by atoms with Crippen LogP contribution in [0.4, 0.5) is 5.69 Å². The maximum atomic E-state index is 12.6. The van der Waals surface area contributed by atoms with Crippen LogP contribution in [0.15, 0.2) is 60.7 Å². The van der Waals surface area contributed by atoms with Gasteiger partial charge in [0.25, 0.3) is 0 Å². The number of benzene rings is 2. The minimum atomic E-state index is -0.147. The van der Waals surface area contributed by atoms with E-state index in [1.807, 2.05) is 72.5 Å². The lowest BCUT2D eigenvalue weighted by atomic mass is 10.1. The number of amides is 1. The van der Waals surface area contributed by atoms with Crippen molar-refractivity contribution in [2.75, 3.05) is 4.90 Å². The van der Waals surface area contributed by atoms with E-state index in [1.165, 1.54) is 0 Å². The fraction of sp³-hybridized carbons (Fsp3) is 0.235. The molecule has 20 heavy (non-hydrogen) atoms. The quantitative estimate of drug-likeness (QED) is 0.744. The van der Waals surface area contributed by atoms with Gasteiger partial charge in [0.2, 0.25) is 5.91 Å². The Kier molecular flexibility index (Phi) is 5.36. The molecule has 0 saturated heterocycles. The minimum Gasteiger partial charge on any atom is -0.307 e. The molecule has 104 valence electrons. The van der Waals surface area contributed by atoms with Gasteiger partial charge < -0.3 is 4.90 Å². The Bertz CT molecular complexity index is 541. The topological polar surface area (TPSA) is 20.3 Å². The van der Waals surface area contributed by atoms with Crippen LogP contribution in [0.2, 0.25) is 0 Å². The van der Waals surface area contributed by atoms with E-state index in [0.29, 0.717) is 6.54 Å². The fourth-order valence-corrected chi connectivity index (χ4v) is 2.26. The lowest BCUT2D eigenvalue weighted by molar-refractivity contribution is -0.118. The summed E-state index contributed by atoms with van der Waals surface area (Å²) in [6.07, 6.45) is 0.775. The molecule has 0 bridgehead atoms. The van der Waals surface area contributed by atoms with Crippen LogP contribution in [0.3, 0.4) is 0 Å². The molecule has 1 amide bonds. The van der Waals surface area contributed by atoms with Crippen molar-refractivity contribution in [3.05, 3.63) is 66.2 Å². The van der Waals surface area contributed by atoms with Crippen LogP contribution >= 0.6 is 15.9 Å². The molecule has 0 unspecified atom stereocenters. The lowest BCUT2D eigenvalue weighted by Gasteiger charge is -2.25. The average Bonchev–Trinajstić information content (AvgIpc) is 2.53. The summed E-state index contributed by atoms with van der Waals surface area (Å²) in [7, 11) is 0. The van der Waals surface area contributed by atoms with Gasteiger partial charge in [-0.05, 0) is 24.1 Å². The number of anilines is 1. The van der Waals surface area contributed by atoms with E-state index in [4.69, 9.17) is 0 Å². The minimum absolute atomic E-state index is 0.0996. The molecule has 3 heteroatoms. The number of carbonyl (C=O) groups is 1. The molecule has 0 aliphatic carbocycles. The first kappa shape index (κ1) is 14.8. The van der Waals surface area contributed by atoms with Crippen LogP contribution in [0, 0.1) is 0 Å². The molecule has 0 N–H and O–H groups in total. The largest absolute Gasteiger partial charge is 0.307 e. The van der Waals surface area contributed by atoms with Crippen molar-refractivity contribution in [1.82, 2.24) is 0 Å². The first-order chi connectivity index (χ1) is 9.72. The second kappa shape index (κ2) is 7.25. The van der Waals surface area contributed by atoms with Crippen molar-refractivity contribution in [1.29, 1.82) is 0 Å². The van der Waals surface area contributed by atoms with Gasteiger partial charge in [-0.25, -0.2) is 0 Å². The predicted molar refractivity (Wildman–Crippen MR) is 87.1 cm³/mol. The third-order valence-corrected chi connectivity index (χ3v) is 4.18. The molecular formula is C17H18BrNO. The summed E-state index contributed by atoms with van der Waals surface area (Å²) >= 11 is 3.46. The first-order valence-electron chi connectivity index (χ1n) is 6.76. The van der Waals surface area contributed by atoms with Crippen LogP contribution in [-0.2, 0) is 11.3 Å². The molecule has 2 rings (SSSR count). The number of hydrogen-bond donors (Lipinski definition) is 0. The number of nitrogens with zero attached hydrogens (tertiary/aromatic N) is 1. The van der Waals surface area contributed by atoms with Crippen molar-refractivity contribution in [3.63, 3.8) is 0 Å². The molecule has 0 aliphatic rings. The van der Waals surface area contributed by atoms with Crippen LogP contribution in [-0.4, -0.2) is 10.7 Å². The van der Waals surface area contributed by atoms with Crippen molar-refractivity contribution in [2.24, 2.45) is 0 Å². The maximum Gasteiger partial charge on any atom is 0.241 e. The zero-order valence-electron chi connectivity index (χ0n) is 11.5. The summed E-state index contributed by atoms with van der Waals surface area (Å²) in [5.41, 5.74) is 2.06. The van der Waals surface area contributed by atoms with Crippen LogP contribution in [0.1, 0.15) is 18.9 Å². The highest BCUT2D eigenvalue weighted by molar-refractivity contribution is 9.10. The molecule has 0 saturated carbocycles. The molecule has 0 fully saturated rings. The number of para-hydroxylation sites is 1. The van der Waals surface area contributed by atoms with Gasteiger partial charge in [0.05, 0.1) is 11.4 Å². The van der Waals surface area contributed by atoms with Gasteiger partial charge in [0, 0.05) is 5.69 Å².